The highest BCUT2D eigenvalue weighted by Crippen LogP contribution is 2.57. The molecule has 4 aliphatic rings. The van der Waals surface area contributed by atoms with E-state index < -0.39 is 10.8 Å². The molecule has 6 rings (SSSR count). The number of nitrogens with zero attached hydrogens (tertiary/aromatic N) is 6. The first-order chi connectivity index (χ1) is 14.1. The van der Waals surface area contributed by atoms with E-state index in [1.165, 1.54) is 0 Å². The smallest absolute Gasteiger partial charge is 0.227 e. The molecule has 10 heteroatoms. The van der Waals surface area contributed by atoms with Gasteiger partial charge in [0.15, 0.2) is 5.82 Å². The normalized spacial score (nSPS) is 31.4. The molecule has 3 atom stereocenters. The van der Waals surface area contributed by atoms with Gasteiger partial charge in [-0.15, -0.1) is 0 Å². The Kier molecular flexibility index (Phi) is 3.92. The Bertz CT molecular complexity index is 983. The Labute approximate surface area is 175 Å². The van der Waals surface area contributed by atoms with Gasteiger partial charge in [0.2, 0.25) is 5.95 Å². The Morgan fingerprint density at radius 2 is 1.90 bits per heavy atom. The number of aromatic nitrogens is 4. The number of piperidine rings is 1. The summed E-state index contributed by atoms with van der Waals surface area (Å²) in [5, 5.41) is 10.5. The second-order valence-corrected chi connectivity index (χ2v) is 10.3. The number of hydrogen-bond acceptors (Lipinski definition) is 8. The summed E-state index contributed by atoms with van der Waals surface area (Å²) in [5.41, 5.74) is -0.309. The van der Waals surface area contributed by atoms with Crippen LogP contribution in [0, 0.1) is 11.8 Å². The van der Waals surface area contributed by atoms with Crippen molar-refractivity contribution in [3.63, 3.8) is 0 Å². The van der Waals surface area contributed by atoms with E-state index in [1.807, 2.05) is 0 Å². The van der Waals surface area contributed by atoms with Gasteiger partial charge in [0.25, 0.3) is 0 Å². The van der Waals surface area contributed by atoms with Gasteiger partial charge in [-0.2, -0.15) is 4.98 Å². The highest BCUT2D eigenvalue weighted by molar-refractivity contribution is 7.85. The van der Waals surface area contributed by atoms with Crippen LogP contribution in [0.3, 0.4) is 0 Å². The van der Waals surface area contributed by atoms with Gasteiger partial charge in [-0.05, 0) is 31.1 Å². The third-order valence-corrected chi connectivity index (χ3v) is 8.50. The minimum atomic E-state index is -1.14. The van der Waals surface area contributed by atoms with Crippen molar-refractivity contribution in [2.24, 2.45) is 11.8 Å². The largest absolute Gasteiger partial charge is 0.394 e. The quantitative estimate of drug-likeness (QED) is 0.777. The molecule has 152 valence electrons. The van der Waals surface area contributed by atoms with Crippen molar-refractivity contribution in [2.45, 2.75) is 35.6 Å². The molecule has 8 nitrogen and oxygen atoms in total. The van der Waals surface area contributed by atoms with Crippen LogP contribution in [0.15, 0.2) is 23.5 Å². The van der Waals surface area contributed by atoms with E-state index >= 15 is 0 Å². The van der Waals surface area contributed by atoms with Crippen LogP contribution in [0.1, 0.15) is 31.0 Å². The van der Waals surface area contributed by atoms with Crippen LogP contribution in [-0.4, -0.2) is 60.4 Å². The second kappa shape index (κ2) is 6.33. The first-order valence-electron chi connectivity index (χ1n) is 9.96. The highest BCUT2D eigenvalue weighted by atomic mass is 35.5. The lowest BCUT2D eigenvalue weighted by Crippen LogP contribution is -2.56. The van der Waals surface area contributed by atoms with Crippen LogP contribution < -0.4 is 9.80 Å². The molecule has 2 aromatic heterocycles. The van der Waals surface area contributed by atoms with Crippen molar-refractivity contribution in [1.82, 2.24) is 19.9 Å². The summed E-state index contributed by atoms with van der Waals surface area (Å²) < 4.78 is 12.6. The van der Waals surface area contributed by atoms with Gasteiger partial charge in [-0.25, -0.2) is 15.0 Å². The number of aliphatic hydroxyl groups excluding tert-OH is 1. The van der Waals surface area contributed by atoms with E-state index in [0.29, 0.717) is 39.5 Å². The molecule has 0 spiro atoms. The molecule has 4 heterocycles. The lowest BCUT2D eigenvalue weighted by molar-refractivity contribution is 0.119. The van der Waals surface area contributed by atoms with Crippen molar-refractivity contribution in [1.29, 1.82) is 0 Å². The number of anilines is 2. The van der Waals surface area contributed by atoms with Gasteiger partial charge in [0, 0.05) is 31.4 Å². The second-order valence-electron chi connectivity index (χ2n) is 8.51. The van der Waals surface area contributed by atoms with Crippen LogP contribution in [0.4, 0.5) is 11.8 Å². The maximum atomic E-state index is 12.6. The van der Waals surface area contributed by atoms with E-state index in [-0.39, 0.29) is 12.1 Å². The Morgan fingerprint density at radius 1 is 1.17 bits per heavy atom. The zero-order chi connectivity index (χ0) is 19.8. The van der Waals surface area contributed by atoms with E-state index in [9.17, 15) is 9.32 Å². The molecule has 0 aromatic carbocycles. The molecular formula is C19H21ClN6O2S. The molecule has 0 bridgehead atoms. The fourth-order valence-corrected chi connectivity index (χ4v) is 6.53. The molecule has 29 heavy (non-hydrogen) atoms. The molecule has 1 N–H and O–H groups in total. The fraction of sp³-hybridized carbons (Fsp3) is 0.579. The summed E-state index contributed by atoms with van der Waals surface area (Å²) in [6.45, 7) is 1.81. The molecule has 2 saturated carbocycles. The number of aliphatic hydroxyl groups is 1. The third kappa shape index (κ3) is 2.63. The van der Waals surface area contributed by atoms with Crippen molar-refractivity contribution in [2.75, 3.05) is 35.4 Å². The van der Waals surface area contributed by atoms with Crippen molar-refractivity contribution in [3.8, 4) is 0 Å². The predicted molar refractivity (Wildman–Crippen MR) is 108 cm³/mol. The van der Waals surface area contributed by atoms with E-state index in [0.717, 1.165) is 44.0 Å². The van der Waals surface area contributed by atoms with Crippen LogP contribution in [-0.2, 0) is 10.8 Å². The average molecular weight is 433 g/mol. The van der Waals surface area contributed by atoms with Gasteiger partial charge in [0.1, 0.15) is 16.6 Å². The summed E-state index contributed by atoms with van der Waals surface area (Å²) >= 11 is 5.90. The third-order valence-electron chi connectivity index (χ3n) is 7.04. The first-order valence-corrected chi connectivity index (χ1v) is 11.7. The number of fused-ring (bicyclic) bond motifs is 2. The number of halogens is 1. The Balaban J connectivity index is 1.23. The molecule has 2 aliphatic heterocycles. The van der Waals surface area contributed by atoms with E-state index in [1.54, 1.807) is 18.6 Å². The standard InChI is InChI=1S/C19H21ClN6O2S/c20-11-4-21-16(22-5-11)15-12-7-25(8-13(12)15)18-23-6-14-17(24-18)26(10-29(14)28)19(9-27)2-1-3-19/h4-6,12-13,15,27H,1-3,7-10H2. The summed E-state index contributed by atoms with van der Waals surface area (Å²) in [6.07, 6.45) is 7.94. The molecular weight excluding hydrogens is 412 g/mol. The van der Waals surface area contributed by atoms with Crippen molar-refractivity contribution in [3.05, 3.63) is 29.4 Å². The van der Waals surface area contributed by atoms with E-state index in [4.69, 9.17) is 16.6 Å². The molecule has 0 radical (unpaired) electrons. The maximum absolute atomic E-state index is 12.6. The average Bonchev–Trinajstić information content (AvgIpc) is 3.04. The molecule has 3 unspecified atom stereocenters. The van der Waals surface area contributed by atoms with E-state index in [2.05, 4.69) is 24.8 Å². The lowest BCUT2D eigenvalue weighted by atomic mass is 9.76. The zero-order valence-electron chi connectivity index (χ0n) is 15.7. The molecule has 0 amide bonds. The number of hydrogen-bond donors (Lipinski definition) is 1. The lowest BCUT2D eigenvalue weighted by Gasteiger charge is -2.47. The molecule has 2 aromatic rings. The predicted octanol–water partition coefficient (Wildman–Crippen LogP) is 1.57. The summed E-state index contributed by atoms with van der Waals surface area (Å²) in [5.74, 6) is 4.09. The van der Waals surface area contributed by atoms with Crippen molar-refractivity contribution < 1.29 is 9.32 Å². The molecule has 1 saturated heterocycles. The van der Waals surface area contributed by atoms with Gasteiger partial charge in [-0.1, -0.05) is 11.6 Å². The van der Waals surface area contributed by atoms with Crippen LogP contribution in [0.5, 0.6) is 0 Å². The minimum Gasteiger partial charge on any atom is -0.394 e. The zero-order valence-corrected chi connectivity index (χ0v) is 17.3. The van der Waals surface area contributed by atoms with Gasteiger partial charge < -0.3 is 14.9 Å². The van der Waals surface area contributed by atoms with Crippen LogP contribution >= 0.6 is 11.6 Å². The Morgan fingerprint density at radius 3 is 2.52 bits per heavy atom. The highest BCUT2D eigenvalue weighted by Gasteiger charge is 2.58. The number of rotatable bonds is 4. The maximum Gasteiger partial charge on any atom is 0.227 e. The summed E-state index contributed by atoms with van der Waals surface area (Å²) in [4.78, 5) is 23.0. The van der Waals surface area contributed by atoms with Gasteiger partial charge in [0.05, 0.1) is 34.2 Å². The van der Waals surface area contributed by atoms with Gasteiger partial charge in [-0.3, -0.25) is 4.21 Å². The monoisotopic (exact) mass is 432 g/mol. The van der Waals surface area contributed by atoms with Crippen LogP contribution in [0.2, 0.25) is 5.02 Å². The molecule has 3 fully saturated rings. The first kappa shape index (κ1) is 18.0. The minimum absolute atomic E-state index is 0.0691. The SMILES string of the molecule is O=S1CN(C2(CO)CCC2)c2nc(N3CC4C(C3)C4c3ncc(Cl)cn3)ncc21. The summed E-state index contributed by atoms with van der Waals surface area (Å²) in [7, 11) is -1.14. The summed E-state index contributed by atoms with van der Waals surface area (Å²) in [6, 6.07) is 0. The Hall–Kier alpha value is -1.84. The fourth-order valence-electron chi connectivity index (χ4n) is 5.13. The van der Waals surface area contributed by atoms with Crippen molar-refractivity contribution >= 4 is 34.2 Å². The topological polar surface area (TPSA) is 95.3 Å². The van der Waals surface area contributed by atoms with Gasteiger partial charge >= 0.3 is 0 Å². The van der Waals surface area contributed by atoms with Crippen LogP contribution in [0.25, 0.3) is 0 Å². The molecule has 2 aliphatic carbocycles.